The van der Waals surface area contributed by atoms with Crippen molar-refractivity contribution in [3.8, 4) is 0 Å². The van der Waals surface area contributed by atoms with Gasteiger partial charge in [-0.2, -0.15) is 5.23 Å². The molecular weight excluding hydrogens is 236 g/mol. The van der Waals surface area contributed by atoms with Crippen LogP contribution in [0.3, 0.4) is 0 Å². The van der Waals surface area contributed by atoms with Gasteiger partial charge in [-0.15, -0.1) is 15.7 Å². The molecule has 0 bridgehead atoms. The van der Waals surface area contributed by atoms with Gasteiger partial charge < -0.3 is 20.8 Å². The minimum atomic E-state index is -0.882. The van der Waals surface area contributed by atoms with Crippen molar-refractivity contribution in [2.24, 2.45) is 0 Å². The fraction of sp³-hybridized carbons (Fsp3) is 0.143. The van der Waals surface area contributed by atoms with Crippen molar-refractivity contribution in [1.29, 1.82) is 0 Å². The fourth-order valence-corrected chi connectivity index (χ4v) is 1.40. The molecule has 0 fully saturated rings. The Bertz CT molecular complexity index is 415. The molecule has 0 saturated heterocycles. The van der Waals surface area contributed by atoms with Crippen molar-refractivity contribution >= 4 is 17.1 Å². The minimum absolute atomic E-state index is 0.00519. The van der Waals surface area contributed by atoms with E-state index in [1.54, 1.807) is 0 Å². The normalized spacial score (nSPS) is 26.6. The molecule has 1 aliphatic rings. The molecule has 17 heavy (non-hydrogen) atoms. The number of benzene rings is 1. The summed E-state index contributed by atoms with van der Waals surface area (Å²) < 4.78 is 0. The topological polar surface area (TPSA) is 128 Å². The van der Waals surface area contributed by atoms with Crippen molar-refractivity contribution < 1.29 is 30.8 Å². The van der Waals surface area contributed by atoms with Crippen LogP contribution in [-0.4, -0.2) is 7.05 Å². The molecule has 4 N–H and O–H groups in total. The highest BCUT2D eigenvalue weighted by Crippen LogP contribution is 2.19. The molecular formula is C7H10N4O6. The Hall–Kier alpha value is -1.18. The van der Waals surface area contributed by atoms with Crippen LogP contribution in [0.5, 0.6) is 0 Å². The molecule has 4 atom stereocenters. The fourth-order valence-electron chi connectivity index (χ4n) is 1.40. The summed E-state index contributed by atoms with van der Waals surface area (Å²) in [6.07, 6.45) is 0. The van der Waals surface area contributed by atoms with Crippen molar-refractivity contribution in [2.45, 2.75) is 0 Å². The van der Waals surface area contributed by atoms with Gasteiger partial charge >= 0.3 is 0 Å². The van der Waals surface area contributed by atoms with Crippen LogP contribution in [0, 0.1) is 20.8 Å². The zero-order chi connectivity index (χ0) is 12.6. The van der Waals surface area contributed by atoms with E-state index < -0.39 is 20.9 Å². The Kier molecular flexibility index (Phi) is 3.32. The first-order valence-electron chi connectivity index (χ1n) is 4.62. The highest BCUT2D eigenvalue weighted by Gasteiger charge is 2.31. The Labute approximate surface area is 94.9 Å². The van der Waals surface area contributed by atoms with Gasteiger partial charge in [-0.1, -0.05) is 0 Å². The van der Waals surface area contributed by atoms with Gasteiger partial charge in [0.05, 0.1) is 6.07 Å². The molecule has 10 heteroatoms. The maximum absolute atomic E-state index is 11.4. The van der Waals surface area contributed by atoms with E-state index in [2.05, 4.69) is 9.88 Å². The van der Waals surface area contributed by atoms with Crippen molar-refractivity contribution in [3.63, 3.8) is 0 Å². The van der Waals surface area contributed by atoms with Gasteiger partial charge in [-0.25, -0.2) is 0 Å². The summed E-state index contributed by atoms with van der Waals surface area (Å²) in [6.45, 7) is 0. The lowest BCUT2D eigenvalue weighted by molar-refractivity contribution is -1.28. The SMILES string of the molecule is C[NH+]([O-])O[NH+]([O-])c1ccc2c(c1)[NH+]([O-])O[NH+]2[O-]. The predicted octanol–water partition coefficient (Wildman–Crippen LogP) is -4.55. The highest BCUT2D eigenvalue weighted by molar-refractivity contribution is 5.57. The molecule has 94 valence electrons. The smallest absolute Gasteiger partial charge is 0.239 e. The van der Waals surface area contributed by atoms with Gasteiger partial charge in [0.1, 0.15) is 7.05 Å². The van der Waals surface area contributed by atoms with Gasteiger partial charge in [0.2, 0.25) is 11.4 Å². The molecule has 0 aromatic heterocycles. The van der Waals surface area contributed by atoms with Crippen LogP contribution in [0.2, 0.25) is 0 Å². The summed E-state index contributed by atoms with van der Waals surface area (Å²) >= 11 is 0. The summed E-state index contributed by atoms with van der Waals surface area (Å²) in [6, 6.07) is 3.72. The first kappa shape index (κ1) is 12.3. The second kappa shape index (κ2) is 4.59. The molecule has 0 amide bonds. The number of fused-ring (bicyclic) bond motifs is 1. The van der Waals surface area contributed by atoms with Crippen molar-refractivity contribution in [1.82, 2.24) is 0 Å². The van der Waals surface area contributed by atoms with E-state index in [0.29, 0.717) is 0 Å². The number of nitrogens with one attached hydrogen (secondary N) is 4. The van der Waals surface area contributed by atoms with E-state index in [0.717, 1.165) is 13.1 Å². The molecule has 10 nitrogen and oxygen atoms in total. The summed E-state index contributed by atoms with van der Waals surface area (Å²) in [4.78, 5) is 8.69. The molecule has 0 aliphatic carbocycles. The minimum Gasteiger partial charge on any atom is -0.596 e. The second-order valence-electron chi connectivity index (χ2n) is 3.32. The van der Waals surface area contributed by atoms with Crippen molar-refractivity contribution in [2.75, 3.05) is 7.05 Å². The maximum Gasteiger partial charge on any atom is 0.239 e. The maximum atomic E-state index is 11.4. The number of rotatable bonds is 3. The molecule has 2 rings (SSSR count). The number of quaternary nitrogens is 4. The Morgan fingerprint density at radius 1 is 1.18 bits per heavy atom. The van der Waals surface area contributed by atoms with Crippen molar-refractivity contribution in [3.05, 3.63) is 39.0 Å². The zero-order valence-corrected chi connectivity index (χ0v) is 8.68. The predicted molar refractivity (Wildman–Crippen MR) is 50.8 cm³/mol. The van der Waals surface area contributed by atoms with E-state index in [-0.39, 0.29) is 17.1 Å². The van der Waals surface area contributed by atoms with E-state index in [1.165, 1.54) is 12.1 Å². The third kappa shape index (κ3) is 2.41. The lowest BCUT2D eigenvalue weighted by atomic mass is 10.2. The van der Waals surface area contributed by atoms with E-state index in [4.69, 9.17) is 0 Å². The average molecular weight is 246 g/mol. The van der Waals surface area contributed by atoms with Crippen LogP contribution in [-0.2, 0) is 9.88 Å². The van der Waals surface area contributed by atoms with Gasteiger partial charge in [0, 0.05) is 17.1 Å². The number of hydrogen-bond donors (Lipinski definition) is 4. The number of hydrogen-bond acceptors (Lipinski definition) is 6. The Morgan fingerprint density at radius 2 is 1.82 bits per heavy atom. The van der Waals surface area contributed by atoms with Crippen LogP contribution < -0.4 is 20.9 Å². The van der Waals surface area contributed by atoms with E-state index in [1.807, 2.05) is 0 Å². The van der Waals surface area contributed by atoms with Gasteiger partial charge in [-0.05, 0) is 4.94 Å². The Morgan fingerprint density at radius 3 is 2.47 bits per heavy atom. The largest absolute Gasteiger partial charge is 0.596 e. The summed E-state index contributed by atoms with van der Waals surface area (Å²) in [5, 5.41) is 41.1. The standard InChI is InChI=1S/C7H10N4O6/c1-8(12)16-9(13)5-2-3-6-7(4-5)11(15)17-10(6)14/h2-4,8-11H,1H3. The average Bonchev–Trinajstić information content (AvgIpc) is 2.53. The molecule has 0 radical (unpaired) electrons. The van der Waals surface area contributed by atoms with Crippen LogP contribution in [0.4, 0.5) is 17.1 Å². The van der Waals surface area contributed by atoms with E-state index >= 15 is 0 Å². The second-order valence-corrected chi connectivity index (χ2v) is 3.32. The lowest BCUT2D eigenvalue weighted by Gasteiger charge is -2.21. The lowest BCUT2D eigenvalue weighted by Crippen LogP contribution is -3.21. The molecule has 1 heterocycles. The summed E-state index contributed by atoms with van der Waals surface area (Å²) in [5.74, 6) is 0. The van der Waals surface area contributed by atoms with Gasteiger partial charge in [0.15, 0.2) is 5.69 Å². The highest BCUT2D eigenvalue weighted by atomic mass is 17.1. The van der Waals surface area contributed by atoms with E-state index in [9.17, 15) is 20.8 Å². The van der Waals surface area contributed by atoms with Crippen LogP contribution in [0.25, 0.3) is 0 Å². The summed E-state index contributed by atoms with van der Waals surface area (Å²) in [7, 11) is 1.09. The molecule has 1 aromatic rings. The molecule has 0 spiro atoms. The van der Waals surface area contributed by atoms with Crippen LogP contribution in [0.1, 0.15) is 0 Å². The molecule has 0 saturated carbocycles. The molecule has 1 aromatic carbocycles. The third-order valence-corrected chi connectivity index (χ3v) is 2.12. The molecule has 1 aliphatic heterocycles. The monoisotopic (exact) mass is 246 g/mol. The van der Waals surface area contributed by atoms with Gasteiger partial charge in [-0.3, -0.25) is 0 Å². The Balaban J connectivity index is 2.25. The van der Waals surface area contributed by atoms with Crippen LogP contribution in [0.15, 0.2) is 18.2 Å². The van der Waals surface area contributed by atoms with Gasteiger partial charge in [0.25, 0.3) is 0 Å². The number of hydroxylamine groups is 2. The third-order valence-electron chi connectivity index (χ3n) is 2.12. The quantitative estimate of drug-likeness (QED) is 0.314. The first-order valence-corrected chi connectivity index (χ1v) is 4.62. The zero-order valence-electron chi connectivity index (χ0n) is 8.68. The molecule has 4 unspecified atom stereocenters. The first-order chi connectivity index (χ1) is 7.99. The van der Waals surface area contributed by atoms with Crippen LogP contribution >= 0.6 is 0 Å². The summed E-state index contributed by atoms with van der Waals surface area (Å²) in [5.41, 5.74) is 0.0907.